The second kappa shape index (κ2) is 10.9. The monoisotopic (exact) mass is 436 g/mol. The normalized spacial score (nSPS) is 25.9. The van der Waals surface area contributed by atoms with E-state index in [1.807, 2.05) is 85.8 Å². The van der Waals surface area contributed by atoms with E-state index >= 15 is 0 Å². The minimum absolute atomic E-state index is 0.301. The first-order valence-corrected chi connectivity index (χ1v) is 11.4. The molecular weight excluding hydrogens is 408 g/mol. The third-order valence-corrected chi connectivity index (χ3v) is 6.48. The molecule has 1 heterocycles. The number of rotatable bonds is 8. The van der Waals surface area contributed by atoms with E-state index in [1.54, 1.807) is 11.8 Å². The lowest BCUT2D eigenvalue weighted by Gasteiger charge is -2.43. The van der Waals surface area contributed by atoms with Crippen LogP contribution in [0.1, 0.15) is 18.1 Å². The van der Waals surface area contributed by atoms with E-state index < -0.39 is 18.3 Å². The van der Waals surface area contributed by atoms with E-state index in [1.165, 1.54) is 0 Å². The van der Waals surface area contributed by atoms with Gasteiger partial charge in [0.25, 0.3) is 0 Å². The Labute approximate surface area is 188 Å². The van der Waals surface area contributed by atoms with Crippen LogP contribution in [0, 0.1) is 0 Å². The summed E-state index contributed by atoms with van der Waals surface area (Å²) in [5.41, 5.74) is 1.83. The Bertz CT molecular complexity index is 906. The maximum atomic E-state index is 10.9. The van der Waals surface area contributed by atoms with Crippen LogP contribution in [0.25, 0.3) is 0 Å². The summed E-state index contributed by atoms with van der Waals surface area (Å²) in [6.07, 6.45) is -2.08. The van der Waals surface area contributed by atoms with Crippen molar-refractivity contribution >= 4 is 11.8 Å². The van der Waals surface area contributed by atoms with Crippen molar-refractivity contribution in [3.8, 4) is 0 Å². The highest BCUT2D eigenvalue weighted by atomic mass is 32.2. The molecule has 0 aromatic heterocycles. The Morgan fingerprint density at radius 2 is 1.23 bits per heavy atom. The topological polar surface area (TPSA) is 47.9 Å². The van der Waals surface area contributed by atoms with Crippen molar-refractivity contribution in [2.45, 2.75) is 54.9 Å². The Morgan fingerprint density at radius 3 is 1.77 bits per heavy atom. The van der Waals surface area contributed by atoms with Crippen LogP contribution in [0.5, 0.6) is 0 Å². The van der Waals surface area contributed by atoms with Gasteiger partial charge in [0.2, 0.25) is 0 Å². The standard InChI is InChI=1S/C26H28O4S/c1-19-23(27)24(28-17-20-11-5-2-6-12-20)25(29-18-21-13-7-3-8-14-21)26(30-19)31-22-15-9-4-10-16-22/h2-16,19,23-27H,17-18H2,1H3/t19-,23+,24+,25-,26+/m1/s1. The summed E-state index contributed by atoms with van der Waals surface area (Å²) in [5, 5.41) is 10.9. The average Bonchev–Trinajstić information content (AvgIpc) is 2.81. The molecule has 5 atom stereocenters. The molecule has 3 aromatic rings. The van der Waals surface area contributed by atoms with Crippen LogP contribution in [0.2, 0.25) is 0 Å². The highest BCUT2D eigenvalue weighted by Gasteiger charge is 2.45. The lowest BCUT2D eigenvalue weighted by atomic mass is 10.00. The van der Waals surface area contributed by atoms with Gasteiger partial charge in [-0.15, -0.1) is 0 Å². The fraction of sp³-hybridized carbons (Fsp3) is 0.308. The molecule has 0 bridgehead atoms. The molecule has 0 amide bonds. The minimum atomic E-state index is -0.780. The van der Waals surface area contributed by atoms with Crippen LogP contribution in [-0.4, -0.2) is 35.0 Å². The third-order valence-electron chi connectivity index (χ3n) is 5.32. The first kappa shape index (κ1) is 22.1. The number of hydrogen-bond acceptors (Lipinski definition) is 5. The molecule has 1 aliphatic rings. The van der Waals surface area contributed by atoms with Crippen LogP contribution in [0.4, 0.5) is 0 Å². The molecule has 1 N–H and O–H groups in total. The molecule has 4 nitrogen and oxygen atoms in total. The zero-order valence-corrected chi connectivity index (χ0v) is 18.4. The number of benzene rings is 3. The zero-order valence-electron chi connectivity index (χ0n) is 17.5. The lowest BCUT2D eigenvalue weighted by Crippen LogP contribution is -2.57. The van der Waals surface area contributed by atoms with Gasteiger partial charge >= 0.3 is 0 Å². The predicted octanol–water partition coefficient (Wildman–Crippen LogP) is 5.06. The maximum absolute atomic E-state index is 10.9. The number of hydrogen-bond donors (Lipinski definition) is 1. The first-order chi connectivity index (χ1) is 15.2. The lowest BCUT2D eigenvalue weighted by molar-refractivity contribution is -0.228. The smallest absolute Gasteiger partial charge is 0.136 e. The molecule has 5 heteroatoms. The first-order valence-electron chi connectivity index (χ1n) is 10.6. The Hall–Kier alpha value is -2.15. The van der Waals surface area contributed by atoms with Gasteiger partial charge in [-0.05, 0) is 30.2 Å². The predicted molar refractivity (Wildman–Crippen MR) is 123 cm³/mol. The summed E-state index contributed by atoms with van der Waals surface area (Å²) in [6.45, 7) is 2.71. The summed E-state index contributed by atoms with van der Waals surface area (Å²) in [6, 6.07) is 30.1. The largest absolute Gasteiger partial charge is 0.388 e. The second-order valence-corrected chi connectivity index (χ2v) is 8.83. The summed E-state index contributed by atoms with van der Waals surface area (Å²) >= 11 is 1.60. The van der Waals surface area contributed by atoms with Gasteiger partial charge in [0.1, 0.15) is 23.7 Å². The molecule has 0 radical (unpaired) electrons. The molecule has 1 fully saturated rings. The Kier molecular flexibility index (Phi) is 7.78. The highest BCUT2D eigenvalue weighted by molar-refractivity contribution is 7.99. The molecule has 3 aromatic carbocycles. The number of aliphatic hydroxyl groups is 1. The van der Waals surface area contributed by atoms with Gasteiger partial charge in [-0.1, -0.05) is 90.6 Å². The van der Waals surface area contributed by atoms with Gasteiger partial charge in [-0.3, -0.25) is 0 Å². The average molecular weight is 437 g/mol. The molecule has 0 unspecified atom stereocenters. The van der Waals surface area contributed by atoms with Gasteiger partial charge in [-0.25, -0.2) is 0 Å². The molecule has 0 saturated carbocycles. The van der Waals surface area contributed by atoms with E-state index in [2.05, 4.69) is 12.1 Å². The SMILES string of the molecule is C[C@H]1O[C@@H](Sc2ccccc2)[C@H](OCc2ccccc2)[C@@H](OCc2ccccc2)[C@H]1O. The van der Waals surface area contributed by atoms with Crippen molar-refractivity contribution in [2.24, 2.45) is 0 Å². The van der Waals surface area contributed by atoms with Crippen molar-refractivity contribution < 1.29 is 19.3 Å². The van der Waals surface area contributed by atoms with Gasteiger partial charge in [0.05, 0.1) is 19.3 Å². The fourth-order valence-corrected chi connectivity index (χ4v) is 4.79. The number of ether oxygens (including phenoxy) is 3. The van der Waals surface area contributed by atoms with Crippen LogP contribution < -0.4 is 0 Å². The van der Waals surface area contributed by atoms with Crippen molar-refractivity contribution in [1.82, 2.24) is 0 Å². The van der Waals surface area contributed by atoms with Crippen LogP contribution in [0.3, 0.4) is 0 Å². The van der Waals surface area contributed by atoms with E-state index in [0.29, 0.717) is 13.2 Å². The second-order valence-electron chi connectivity index (χ2n) is 7.65. The Balaban J connectivity index is 1.54. The molecule has 1 aliphatic heterocycles. The van der Waals surface area contributed by atoms with Crippen LogP contribution in [-0.2, 0) is 27.4 Å². The summed E-state index contributed by atoms with van der Waals surface area (Å²) < 4.78 is 18.8. The summed E-state index contributed by atoms with van der Waals surface area (Å²) in [5.74, 6) is 0. The number of thioether (sulfide) groups is 1. The van der Waals surface area contributed by atoms with Gasteiger partial charge in [0, 0.05) is 4.90 Å². The summed E-state index contributed by atoms with van der Waals surface area (Å²) in [4.78, 5) is 1.09. The molecule has 0 aliphatic carbocycles. The molecule has 1 saturated heterocycles. The van der Waals surface area contributed by atoms with Crippen molar-refractivity contribution in [3.63, 3.8) is 0 Å². The van der Waals surface area contributed by atoms with Crippen LogP contribution in [0.15, 0.2) is 95.9 Å². The van der Waals surface area contributed by atoms with E-state index in [0.717, 1.165) is 16.0 Å². The number of aliphatic hydroxyl groups excluding tert-OH is 1. The van der Waals surface area contributed by atoms with Crippen molar-refractivity contribution in [2.75, 3.05) is 0 Å². The Morgan fingerprint density at radius 1 is 0.742 bits per heavy atom. The minimum Gasteiger partial charge on any atom is -0.388 e. The molecule has 4 rings (SSSR count). The van der Waals surface area contributed by atoms with Crippen molar-refractivity contribution in [3.05, 3.63) is 102 Å². The van der Waals surface area contributed by atoms with Crippen molar-refractivity contribution in [1.29, 1.82) is 0 Å². The molecule has 162 valence electrons. The molecule has 0 spiro atoms. The van der Waals surface area contributed by atoms with Gasteiger partial charge in [-0.2, -0.15) is 0 Å². The third kappa shape index (κ3) is 5.97. The highest BCUT2D eigenvalue weighted by Crippen LogP contribution is 2.36. The van der Waals surface area contributed by atoms with Gasteiger partial charge in [0.15, 0.2) is 0 Å². The van der Waals surface area contributed by atoms with Gasteiger partial charge < -0.3 is 19.3 Å². The maximum Gasteiger partial charge on any atom is 0.136 e. The van der Waals surface area contributed by atoms with E-state index in [4.69, 9.17) is 14.2 Å². The molecule has 31 heavy (non-hydrogen) atoms. The molecular formula is C26H28O4S. The summed E-state index contributed by atoms with van der Waals surface area (Å²) in [7, 11) is 0. The van der Waals surface area contributed by atoms with Crippen LogP contribution >= 0.6 is 11.8 Å². The zero-order chi connectivity index (χ0) is 21.5. The quantitative estimate of drug-likeness (QED) is 0.535. The van der Waals surface area contributed by atoms with E-state index in [9.17, 15) is 5.11 Å². The fourth-order valence-electron chi connectivity index (χ4n) is 3.61. The van der Waals surface area contributed by atoms with E-state index in [-0.39, 0.29) is 11.5 Å².